The van der Waals surface area contributed by atoms with Gasteiger partial charge in [0.25, 0.3) is 0 Å². The molecule has 1 amide bonds. The van der Waals surface area contributed by atoms with Gasteiger partial charge in [-0.3, -0.25) is 20.0 Å². The summed E-state index contributed by atoms with van der Waals surface area (Å²) in [7, 11) is 0. The summed E-state index contributed by atoms with van der Waals surface area (Å²) in [5.41, 5.74) is 0.679. The zero-order chi connectivity index (χ0) is 21.2. The first-order valence-electron chi connectivity index (χ1n) is 8.28. The smallest absolute Gasteiger partial charge is 0.392 e. The number of halogens is 4. The Kier molecular flexibility index (Phi) is 9.43. The minimum Gasteiger partial charge on any atom is -0.465 e. The minimum atomic E-state index is -4.42. The van der Waals surface area contributed by atoms with Crippen LogP contribution in [-0.4, -0.2) is 46.3 Å². The van der Waals surface area contributed by atoms with Gasteiger partial charge in [0, 0.05) is 25.4 Å². The molecule has 7 nitrogen and oxygen atoms in total. The topological polar surface area (TPSA) is 95.4 Å². The first-order chi connectivity index (χ1) is 13.1. The van der Waals surface area contributed by atoms with Gasteiger partial charge in [-0.15, -0.1) is 0 Å². The van der Waals surface area contributed by atoms with Gasteiger partial charge in [-0.05, 0) is 19.1 Å². The van der Waals surface area contributed by atoms with Gasteiger partial charge in [-0.2, -0.15) is 13.2 Å². The molecule has 0 bridgehead atoms. The van der Waals surface area contributed by atoms with E-state index < -0.39 is 36.3 Å². The third-order valence-corrected chi connectivity index (χ3v) is 3.56. The van der Waals surface area contributed by atoms with Gasteiger partial charge in [0.15, 0.2) is 0 Å². The highest BCUT2D eigenvalue weighted by Crippen LogP contribution is 2.19. The fourth-order valence-corrected chi connectivity index (χ4v) is 2.19. The summed E-state index contributed by atoms with van der Waals surface area (Å²) in [5, 5.41) is 10.1. The second-order valence-electron chi connectivity index (χ2n) is 5.45. The van der Waals surface area contributed by atoms with Crippen LogP contribution in [0.4, 0.5) is 18.9 Å². The summed E-state index contributed by atoms with van der Waals surface area (Å²) in [4.78, 5) is 29.0. The zero-order valence-electron chi connectivity index (χ0n) is 15.1. The van der Waals surface area contributed by atoms with E-state index in [1.54, 1.807) is 25.3 Å². The molecule has 154 valence electrons. The molecule has 2 N–H and O–H groups in total. The van der Waals surface area contributed by atoms with Crippen molar-refractivity contribution in [2.45, 2.75) is 32.4 Å². The van der Waals surface area contributed by atoms with Crippen molar-refractivity contribution in [3.8, 4) is 0 Å². The number of anilines is 1. The number of esters is 1. The van der Waals surface area contributed by atoms with Crippen LogP contribution in [0.1, 0.15) is 26.2 Å². The fraction of sp³-hybridized carbons (Fsp3) is 0.412. The summed E-state index contributed by atoms with van der Waals surface area (Å²) in [5.74, 6) is -1.44. The summed E-state index contributed by atoms with van der Waals surface area (Å²) < 4.78 is 40.6. The number of hydrogen-bond donors (Lipinski definition) is 2. The highest BCUT2D eigenvalue weighted by molar-refractivity contribution is 6.68. The highest BCUT2D eigenvalue weighted by atomic mass is 35.5. The Hall–Kier alpha value is -2.62. The van der Waals surface area contributed by atoms with Crippen molar-refractivity contribution in [3.63, 3.8) is 0 Å². The monoisotopic (exact) mass is 420 g/mol. The molecule has 0 aliphatic rings. The highest BCUT2D eigenvalue weighted by Gasteiger charge is 2.27. The van der Waals surface area contributed by atoms with Gasteiger partial charge in [-0.25, -0.2) is 0 Å². The quantitative estimate of drug-likeness (QED) is 0.444. The third-order valence-electron chi connectivity index (χ3n) is 3.36. The van der Waals surface area contributed by atoms with Crippen LogP contribution < -0.4 is 5.32 Å². The lowest BCUT2D eigenvalue weighted by Gasteiger charge is -2.23. The Labute approximate surface area is 165 Å². The largest absolute Gasteiger partial charge is 0.465 e. The number of nitrogens with zero attached hydrogens (tertiary/aromatic N) is 2. The van der Waals surface area contributed by atoms with Gasteiger partial charge in [0.1, 0.15) is 5.17 Å². The second kappa shape index (κ2) is 11.3. The SMILES string of the molecule is CCN(C(=O)CCC(=O)OCCC(F)(F)F)/C(=C/Nc1cccnc1)C(=N)Cl. The first kappa shape index (κ1) is 23.4. The molecule has 0 aromatic carbocycles. The maximum Gasteiger partial charge on any atom is 0.392 e. The van der Waals surface area contributed by atoms with E-state index >= 15 is 0 Å². The normalized spacial score (nSPS) is 11.7. The summed E-state index contributed by atoms with van der Waals surface area (Å²) in [6, 6.07) is 3.41. The van der Waals surface area contributed by atoms with E-state index in [4.69, 9.17) is 17.0 Å². The number of ether oxygens (including phenoxy) is 1. The lowest BCUT2D eigenvalue weighted by atomic mass is 10.2. The Bertz CT molecular complexity index is 711. The Morgan fingerprint density at radius 3 is 2.64 bits per heavy atom. The first-order valence-corrected chi connectivity index (χ1v) is 8.65. The van der Waals surface area contributed by atoms with Crippen LogP contribution in [0.3, 0.4) is 0 Å². The number of nitrogens with one attached hydrogen (secondary N) is 2. The van der Waals surface area contributed by atoms with E-state index in [0.29, 0.717) is 5.69 Å². The van der Waals surface area contributed by atoms with Crippen molar-refractivity contribution in [3.05, 3.63) is 36.4 Å². The molecule has 0 fully saturated rings. The number of amides is 1. The van der Waals surface area contributed by atoms with E-state index in [9.17, 15) is 22.8 Å². The molecular formula is C17H20ClF3N4O3. The van der Waals surface area contributed by atoms with Crippen molar-refractivity contribution >= 4 is 34.3 Å². The number of carbonyl (C=O) groups excluding carboxylic acids is 2. The molecule has 1 heterocycles. The standard InChI is InChI=1S/C17H20ClF3N4O3/c1-2-25(13(16(18)22)11-24-12-4-3-8-23-10-12)14(26)5-6-15(27)28-9-7-17(19,20)21/h3-4,8,10-11,22,24H,2,5-7,9H2,1H3/b13-11+,22-16?. The number of allylic oxidation sites excluding steroid dienone is 1. The van der Waals surface area contributed by atoms with E-state index in [1.807, 2.05) is 0 Å². The van der Waals surface area contributed by atoms with Gasteiger partial charge in [-0.1, -0.05) is 11.6 Å². The molecule has 1 rings (SSSR count). The van der Waals surface area contributed by atoms with Gasteiger partial charge in [0.2, 0.25) is 5.91 Å². The molecule has 0 radical (unpaired) electrons. The van der Waals surface area contributed by atoms with Crippen molar-refractivity contribution in [2.75, 3.05) is 18.5 Å². The molecule has 28 heavy (non-hydrogen) atoms. The van der Waals surface area contributed by atoms with Crippen LogP contribution >= 0.6 is 11.6 Å². The summed E-state index contributed by atoms with van der Waals surface area (Å²) >= 11 is 5.77. The van der Waals surface area contributed by atoms with Crippen molar-refractivity contribution in [1.82, 2.24) is 9.88 Å². The van der Waals surface area contributed by atoms with Crippen molar-refractivity contribution < 1.29 is 27.5 Å². The Morgan fingerprint density at radius 2 is 2.11 bits per heavy atom. The van der Waals surface area contributed by atoms with Crippen LogP contribution in [0.25, 0.3) is 0 Å². The lowest BCUT2D eigenvalue weighted by molar-refractivity contribution is -0.159. The number of rotatable bonds is 10. The van der Waals surface area contributed by atoms with E-state index in [2.05, 4.69) is 15.0 Å². The van der Waals surface area contributed by atoms with E-state index in [0.717, 1.165) is 0 Å². The van der Waals surface area contributed by atoms with Gasteiger partial charge in [0.05, 0.1) is 37.0 Å². The molecule has 11 heteroatoms. The molecule has 0 unspecified atom stereocenters. The predicted octanol–water partition coefficient (Wildman–Crippen LogP) is 3.68. The lowest BCUT2D eigenvalue weighted by Crippen LogP contribution is -2.33. The number of pyridine rings is 1. The molecule has 0 saturated heterocycles. The maximum atomic E-state index is 12.4. The molecular weight excluding hydrogens is 401 g/mol. The van der Waals surface area contributed by atoms with Crippen LogP contribution in [0.5, 0.6) is 0 Å². The number of aromatic nitrogens is 1. The van der Waals surface area contributed by atoms with E-state index in [1.165, 1.54) is 17.3 Å². The molecule has 0 atom stereocenters. The molecule has 0 aliphatic carbocycles. The average Bonchev–Trinajstić information content (AvgIpc) is 2.62. The third kappa shape index (κ3) is 8.85. The molecule has 0 spiro atoms. The zero-order valence-corrected chi connectivity index (χ0v) is 15.8. The van der Waals surface area contributed by atoms with Crippen LogP contribution in [0, 0.1) is 5.41 Å². The summed E-state index contributed by atoms with van der Waals surface area (Å²) in [6.45, 7) is 1.02. The van der Waals surface area contributed by atoms with Gasteiger partial charge < -0.3 is 15.0 Å². The predicted molar refractivity (Wildman–Crippen MR) is 97.8 cm³/mol. The molecule has 0 saturated carbocycles. The van der Waals surface area contributed by atoms with Crippen molar-refractivity contribution in [1.29, 1.82) is 5.41 Å². The molecule has 1 aromatic heterocycles. The number of alkyl halides is 3. The van der Waals surface area contributed by atoms with E-state index in [-0.39, 0.29) is 25.1 Å². The Balaban J connectivity index is 2.65. The van der Waals surface area contributed by atoms with Crippen LogP contribution in [0.15, 0.2) is 36.4 Å². The minimum absolute atomic E-state index is 0.0726. The maximum absolute atomic E-state index is 12.4. The average molecular weight is 421 g/mol. The fourth-order valence-electron chi connectivity index (χ4n) is 2.04. The Morgan fingerprint density at radius 1 is 1.39 bits per heavy atom. The molecule has 0 aliphatic heterocycles. The van der Waals surface area contributed by atoms with Crippen molar-refractivity contribution in [2.24, 2.45) is 0 Å². The number of carbonyl (C=O) groups is 2. The second-order valence-corrected chi connectivity index (χ2v) is 5.83. The summed E-state index contributed by atoms with van der Waals surface area (Å²) in [6.07, 6.45) is -1.88. The van der Waals surface area contributed by atoms with Crippen LogP contribution in [-0.2, 0) is 14.3 Å². The van der Waals surface area contributed by atoms with Crippen LogP contribution in [0.2, 0.25) is 0 Å². The molecule has 1 aromatic rings. The number of hydrogen-bond acceptors (Lipinski definition) is 6. The van der Waals surface area contributed by atoms with Gasteiger partial charge >= 0.3 is 12.1 Å².